The summed E-state index contributed by atoms with van der Waals surface area (Å²) in [6.07, 6.45) is 0. The van der Waals surface area contributed by atoms with E-state index in [0.29, 0.717) is 22.1 Å². The van der Waals surface area contributed by atoms with Crippen molar-refractivity contribution >= 4 is 70.8 Å². The van der Waals surface area contributed by atoms with Crippen LogP contribution >= 0.6 is 15.9 Å². The van der Waals surface area contributed by atoms with Crippen molar-refractivity contribution in [3.05, 3.63) is 69.7 Å². The molecule has 0 aromatic heterocycles. The smallest absolute Gasteiger partial charge is 0.258 e. The maximum atomic E-state index is 12.5. The second-order valence-corrected chi connectivity index (χ2v) is 7.84. The van der Waals surface area contributed by atoms with Crippen molar-refractivity contribution in [2.45, 2.75) is 0 Å². The van der Waals surface area contributed by atoms with Crippen LogP contribution in [0.1, 0.15) is 26.3 Å². The van der Waals surface area contributed by atoms with Crippen LogP contribution in [0.4, 0.5) is 0 Å². The third-order valence-electron chi connectivity index (χ3n) is 5.64. The van der Waals surface area contributed by atoms with Crippen molar-refractivity contribution in [3.8, 4) is 6.07 Å². The molecular formula is C23H9BrN2O2. The molecule has 1 aliphatic heterocycles. The molecule has 5 aromatic carbocycles. The van der Waals surface area contributed by atoms with Gasteiger partial charge in [-0.3, -0.25) is 14.9 Å². The number of carbonyl (C=O) groups excluding carboxylic acids is 2. The molecule has 4 nitrogen and oxygen atoms in total. The average Bonchev–Trinajstić information content (AvgIpc) is 2.70. The first-order chi connectivity index (χ1) is 13.6. The molecule has 0 unspecified atom stereocenters. The molecule has 5 heteroatoms. The maximum Gasteiger partial charge on any atom is 0.258 e. The number of nitrogens with one attached hydrogen (secondary N) is 1. The van der Waals surface area contributed by atoms with Crippen LogP contribution in [0.3, 0.4) is 0 Å². The Bertz CT molecular complexity index is 1590. The molecule has 0 aliphatic carbocycles. The highest BCUT2D eigenvalue weighted by atomic mass is 79.9. The number of hydrogen-bond donors (Lipinski definition) is 1. The van der Waals surface area contributed by atoms with E-state index in [1.54, 1.807) is 12.1 Å². The van der Waals surface area contributed by atoms with Gasteiger partial charge in [0.25, 0.3) is 11.8 Å². The van der Waals surface area contributed by atoms with E-state index in [2.05, 4.69) is 27.3 Å². The summed E-state index contributed by atoms with van der Waals surface area (Å²) in [6, 6.07) is 17.7. The minimum atomic E-state index is -0.467. The molecule has 2 amide bonds. The molecular weight excluding hydrogens is 416 g/mol. The van der Waals surface area contributed by atoms with Gasteiger partial charge in [0.15, 0.2) is 0 Å². The van der Waals surface area contributed by atoms with Gasteiger partial charge in [0.2, 0.25) is 0 Å². The fourth-order valence-corrected chi connectivity index (χ4v) is 5.23. The van der Waals surface area contributed by atoms with Gasteiger partial charge in [-0.25, -0.2) is 0 Å². The average molecular weight is 425 g/mol. The Morgan fingerprint density at radius 1 is 0.786 bits per heavy atom. The van der Waals surface area contributed by atoms with Gasteiger partial charge >= 0.3 is 0 Å². The Balaban J connectivity index is 2.11. The van der Waals surface area contributed by atoms with Crippen LogP contribution in [0.5, 0.6) is 0 Å². The van der Waals surface area contributed by atoms with Crippen molar-refractivity contribution in [3.63, 3.8) is 0 Å². The van der Waals surface area contributed by atoms with Crippen molar-refractivity contribution < 1.29 is 9.59 Å². The van der Waals surface area contributed by atoms with Gasteiger partial charge in [-0.05, 0) is 33.7 Å². The van der Waals surface area contributed by atoms with Crippen LogP contribution < -0.4 is 5.32 Å². The molecule has 0 fully saturated rings. The fourth-order valence-electron chi connectivity index (χ4n) is 4.59. The van der Waals surface area contributed by atoms with Gasteiger partial charge in [0.1, 0.15) is 0 Å². The van der Waals surface area contributed by atoms with Crippen LogP contribution in [-0.4, -0.2) is 11.8 Å². The summed E-state index contributed by atoms with van der Waals surface area (Å²) >= 11 is 3.64. The number of carbonyl (C=O) groups is 2. The molecule has 0 bridgehead atoms. The van der Waals surface area contributed by atoms with Crippen molar-refractivity contribution in [1.82, 2.24) is 5.32 Å². The number of imide groups is 1. The van der Waals surface area contributed by atoms with Gasteiger partial charge in [0, 0.05) is 37.1 Å². The van der Waals surface area contributed by atoms with Gasteiger partial charge in [-0.1, -0.05) is 52.3 Å². The molecule has 1 heterocycles. The van der Waals surface area contributed by atoms with E-state index in [9.17, 15) is 14.9 Å². The first-order valence-corrected chi connectivity index (χ1v) is 9.51. The van der Waals surface area contributed by atoms with Crippen LogP contribution in [0.15, 0.2) is 53.0 Å². The van der Waals surface area contributed by atoms with E-state index in [1.807, 2.05) is 36.4 Å². The number of hydrogen-bond acceptors (Lipinski definition) is 3. The summed E-state index contributed by atoms with van der Waals surface area (Å²) in [7, 11) is 0. The van der Waals surface area contributed by atoms with Crippen LogP contribution in [0.2, 0.25) is 0 Å². The Morgan fingerprint density at radius 2 is 1.43 bits per heavy atom. The lowest BCUT2D eigenvalue weighted by Gasteiger charge is -2.22. The highest BCUT2D eigenvalue weighted by Gasteiger charge is 2.30. The second-order valence-electron chi connectivity index (χ2n) is 6.98. The van der Waals surface area contributed by atoms with E-state index >= 15 is 0 Å². The molecule has 0 spiro atoms. The number of nitriles is 1. The molecule has 5 aromatic rings. The standard InChI is InChI=1S/C23H9BrN2O2/c24-16-8-15-19-14(22(27)26-23(15)28)7-11(9-25)18-12-5-1-3-10-4-2-6-13(17(10)12)20(16)21(18)19/h1-8H,(H,26,27,28). The van der Waals surface area contributed by atoms with Gasteiger partial charge in [-0.2, -0.15) is 5.26 Å². The van der Waals surface area contributed by atoms with Crippen molar-refractivity contribution in [1.29, 1.82) is 5.26 Å². The Labute approximate surface area is 166 Å². The minimum Gasteiger partial charge on any atom is -0.288 e. The molecule has 130 valence electrons. The molecule has 1 aliphatic rings. The first-order valence-electron chi connectivity index (χ1n) is 8.71. The topological polar surface area (TPSA) is 70.0 Å². The number of fused-ring (bicyclic) bond motifs is 2. The van der Waals surface area contributed by atoms with Crippen molar-refractivity contribution in [2.24, 2.45) is 0 Å². The first kappa shape index (κ1) is 15.6. The fraction of sp³-hybridized carbons (Fsp3) is 0. The SMILES string of the molecule is N#Cc1cc2c3c(cc(Br)c4c5cccc6cccc(c1c34)c65)C(=O)NC2=O. The summed E-state index contributed by atoms with van der Waals surface area (Å²) in [6.45, 7) is 0. The zero-order valence-corrected chi connectivity index (χ0v) is 15.8. The monoisotopic (exact) mass is 424 g/mol. The summed E-state index contributed by atoms with van der Waals surface area (Å²) < 4.78 is 0.767. The summed E-state index contributed by atoms with van der Waals surface area (Å²) in [5.41, 5.74) is 1.24. The minimum absolute atomic E-state index is 0.366. The third kappa shape index (κ3) is 1.69. The predicted octanol–water partition coefficient (Wildman–Crippen LogP) is 5.25. The Kier molecular flexibility index (Phi) is 2.81. The molecule has 28 heavy (non-hydrogen) atoms. The number of rotatable bonds is 0. The van der Waals surface area contributed by atoms with E-state index in [1.165, 1.54) is 0 Å². The number of nitrogens with zero attached hydrogens (tertiary/aromatic N) is 1. The number of benzene rings is 5. The highest BCUT2D eigenvalue weighted by molar-refractivity contribution is 9.10. The summed E-state index contributed by atoms with van der Waals surface area (Å²) in [5, 5.41) is 19.5. The molecule has 0 saturated heterocycles. The molecule has 1 N–H and O–H groups in total. The Hall–Kier alpha value is -3.49. The van der Waals surface area contributed by atoms with Gasteiger partial charge < -0.3 is 0 Å². The van der Waals surface area contributed by atoms with E-state index < -0.39 is 11.8 Å². The quantitative estimate of drug-likeness (QED) is 0.209. The molecule has 6 rings (SSSR count). The number of halogens is 1. The maximum absolute atomic E-state index is 12.5. The lowest BCUT2D eigenvalue weighted by Crippen LogP contribution is -2.34. The van der Waals surface area contributed by atoms with Crippen LogP contribution in [0, 0.1) is 11.3 Å². The number of amides is 2. The van der Waals surface area contributed by atoms with E-state index in [4.69, 9.17) is 0 Å². The van der Waals surface area contributed by atoms with Crippen LogP contribution in [-0.2, 0) is 0 Å². The molecule has 0 atom stereocenters. The molecule has 0 saturated carbocycles. The van der Waals surface area contributed by atoms with E-state index in [-0.39, 0.29) is 0 Å². The van der Waals surface area contributed by atoms with Crippen LogP contribution in [0.25, 0.3) is 43.1 Å². The van der Waals surface area contributed by atoms with Crippen molar-refractivity contribution in [2.75, 3.05) is 0 Å². The Morgan fingerprint density at radius 3 is 2.11 bits per heavy atom. The zero-order valence-electron chi connectivity index (χ0n) is 14.3. The largest absolute Gasteiger partial charge is 0.288 e. The lowest BCUT2D eigenvalue weighted by molar-refractivity contribution is 0.0845. The molecule has 0 radical (unpaired) electrons. The van der Waals surface area contributed by atoms with E-state index in [0.717, 1.165) is 42.2 Å². The summed E-state index contributed by atoms with van der Waals surface area (Å²) in [5.74, 6) is -0.886. The normalized spacial score (nSPS) is 13.6. The second kappa shape index (κ2) is 5.06. The van der Waals surface area contributed by atoms with Gasteiger partial charge in [0.05, 0.1) is 11.6 Å². The zero-order chi connectivity index (χ0) is 19.2. The lowest BCUT2D eigenvalue weighted by atomic mass is 9.83. The predicted molar refractivity (Wildman–Crippen MR) is 112 cm³/mol. The third-order valence-corrected chi connectivity index (χ3v) is 6.26. The highest BCUT2D eigenvalue weighted by Crippen LogP contribution is 2.46. The summed E-state index contributed by atoms with van der Waals surface area (Å²) in [4.78, 5) is 25.1. The van der Waals surface area contributed by atoms with Gasteiger partial charge in [-0.15, -0.1) is 0 Å².